The van der Waals surface area contributed by atoms with Gasteiger partial charge in [0.2, 0.25) is 11.7 Å². The molecule has 0 bridgehead atoms. The van der Waals surface area contributed by atoms with Gasteiger partial charge in [-0.2, -0.15) is 4.98 Å². The predicted octanol–water partition coefficient (Wildman–Crippen LogP) is 3.71. The zero-order valence-corrected chi connectivity index (χ0v) is 17.4. The third-order valence-corrected chi connectivity index (χ3v) is 5.41. The van der Waals surface area contributed by atoms with Crippen LogP contribution in [-0.4, -0.2) is 58.6 Å². The summed E-state index contributed by atoms with van der Waals surface area (Å²) < 4.78 is 32.1. The van der Waals surface area contributed by atoms with Crippen molar-refractivity contribution in [3.05, 3.63) is 71.1 Å². The van der Waals surface area contributed by atoms with Gasteiger partial charge in [0.05, 0.1) is 0 Å². The molecule has 0 aliphatic carbocycles. The first-order valence-corrected chi connectivity index (χ1v) is 10.4. The Hall–Kier alpha value is -3.13. The topological polar surface area (TPSA) is 62.5 Å². The lowest BCUT2D eigenvalue weighted by molar-refractivity contribution is 0.0634. The van der Waals surface area contributed by atoms with Crippen LogP contribution in [0.3, 0.4) is 0 Å². The van der Waals surface area contributed by atoms with Gasteiger partial charge >= 0.3 is 0 Å². The van der Waals surface area contributed by atoms with Crippen molar-refractivity contribution in [2.75, 3.05) is 32.7 Å². The number of rotatable bonds is 6. The molecule has 2 heterocycles. The van der Waals surface area contributed by atoms with E-state index in [-0.39, 0.29) is 11.5 Å². The molecule has 0 radical (unpaired) electrons. The number of amides is 1. The van der Waals surface area contributed by atoms with Crippen LogP contribution in [0, 0.1) is 18.6 Å². The normalized spacial score (nSPS) is 14.7. The summed E-state index contributed by atoms with van der Waals surface area (Å²) in [4.78, 5) is 20.9. The van der Waals surface area contributed by atoms with Crippen molar-refractivity contribution >= 4 is 5.91 Å². The molecule has 0 atom stereocenters. The molecule has 4 rings (SSSR count). The number of aromatic nitrogens is 2. The van der Waals surface area contributed by atoms with Crippen LogP contribution < -0.4 is 0 Å². The van der Waals surface area contributed by atoms with Crippen LogP contribution in [-0.2, 0) is 6.42 Å². The summed E-state index contributed by atoms with van der Waals surface area (Å²) in [6.07, 6.45) is 1.54. The van der Waals surface area contributed by atoms with Crippen LogP contribution in [0.15, 0.2) is 47.0 Å². The highest BCUT2D eigenvalue weighted by atomic mass is 19.1. The molecule has 162 valence electrons. The van der Waals surface area contributed by atoms with Gasteiger partial charge in [-0.25, -0.2) is 8.78 Å². The summed E-state index contributed by atoms with van der Waals surface area (Å²) in [6, 6.07) is 10.9. The van der Waals surface area contributed by atoms with Crippen LogP contribution in [0.2, 0.25) is 0 Å². The van der Waals surface area contributed by atoms with E-state index < -0.39 is 11.6 Å². The van der Waals surface area contributed by atoms with E-state index in [0.717, 1.165) is 36.7 Å². The van der Waals surface area contributed by atoms with Crippen molar-refractivity contribution in [3.63, 3.8) is 0 Å². The van der Waals surface area contributed by atoms with Crippen LogP contribution >= 0.6 is 0 Å². The highest BCUT2D eigenvalue weighted by Gasteiger charge is 2.23. The third-order valence-electron chi connectivity index (χ3n) is 5.41. The fraction of sp³-hybridized carbons (Fsp3) is 0.348. The molecule has 0 unspecified atom stereocenters. The SMILES string of the molecule is Cc1ccc(-c2noc(CCCN3CCN(C(=O)c4cc(F)cc(F)c4)CC3)n2)cc1. The molecule has 1 aliphatic rings. The van der Waals surface area contributed by atoms with Crippen molar-refractivity contribution < 1.29 is 18.1 Å². The number of hydrogen-bond acceptors (Lipinski definition) is 5. The molecule has 1 saturated heterocycles. The molecule has 1 amide bonds. The second-order valence-corrected chi connectivity index (χ2v) is 7.77. The van der Waals surface area contributed by atoms with Crippen LogP contribution in [0.1, 0.15) is 28.2 Å². The maximum absolute atomic E-state index is 13.4. The average molecular weight is 426 g/mol. The largest absolute Gasteiger partial charge is 0.339 e. The van der Waals surface area contributed by atoms with Gasteiger partial charge in [-0.15, -0.1) is 0 Å². The van der Waals surface area contributed by atoms with Crippen molar-refractivity contribution in [3.8, 4) is 11.4 Å². The standard InChI is InChI=1S/C23H24F2N4O2/c1-16-4-6-17(7-5-16)22-26-21(31-27-22)3-2-8-28-9-11-29(12-10-28)23(30)18-13-19(24)15-20(25)14-18/h4-7,13-15H,2-3,8-12H2,1H3. The Bertz CT molecular complexity index is 1020. The number of carbonyl (C=O) groups is 1. The fourth-order valence-corrected chi connectivity index (χ4v) is 3.66. The quantitative estimate of drug-likeness (QED) is 0.601. The van der Waals surface area contributed by atoms with Crippen LogP contribution in [0.25, 0.3) is 11.4 Å². The van der Waals surface area contributed by atoms with Gasteiger partial charge in [-0.1, -0.05) is 35.0 Å². The zero-order valence-electron chi connectivity index (χ0n) is 17.4. The zero-order chi connectivity index (χ0) is 21.8. The van der Waals surface area contributed by atoms with Gasteiger partial charge in [0.25, 0.3) is 5.91 Å². The minimum atomic E-state index is -0.742. The van der Waals surface area contributed by atoms with Gasteiger partial charge in [0, 0.05) is 49.8 Å². The van der Waals surface area contributed by atoms with E-state index in [4.69, 9.17) is 4.52 Å². The summed E-state index contributed by atoms with van der Waals surface area (Å²) in [6.45, 7) is 5.34. The van der Waals surface area contributed by atoms with E-state index in [2.05, 4.69) is 15.0 Å². The fourth-order valence-electron chi connectivity index (χ4n) is 3.66. The van der Waals surface area contributed by atoms with E-state index in [0.29, 0.717) is 44.3 Å². The lowest BCUT2D eigenvalue weighted by atomic mass is 10.1. The molecule has 6 nitrogen and oxygen atoms in total. The van der Waals surface area contributed by atoms with Gasteiger partial charge in [-0.3, -0.25) is 9.69 Å². The monoisotopic (exact) mass is 426 g/mol. The maximum Gasteiger partial charge on any atom is 0.254 e. The molecular formula is C23H24F2N4O2. The summed E-state index contributed by atoms with van der Waals surface area (Å²) in [5.41, 5.74) is 2.16. The van der Waals surface area contributed by atoms with Gasteiger partial charge < -0.3 is 9.42 Å². The maximum atomic E-state index is 13.4. The summed E-state index contributed by atoms with van der Waals surface area (Å²) in [5, 5.41) is 4.05. The van der Waals surface area contributed by atoms with E-state index in [9.17, 15) is 13.6 Å². The minimum absolute atomic E-state index is 0.0479. The van der Waals surface area contributed by atoms with Gasteiger partial charge in [-0.05, 0) is 32.0 Å². The van der Waals surface area contributed by atoms with Crippen LogP contribution in [0.4, 0.5) is 8.78 Å². The average Bonchev–Trinajstić information content (AvgIpc) is 3.22. The predicted molar refractivity (Wildman–Crippen MR) is 111 cm³/mol. The van der Waals surface area contributed by atoms with E-state index in [1.807, 2.05) is 31.2 Å². The molecule has 0 spiro atoms. The first kappa shape index (κ1) is 21.1. The number of benzene rings is 2. The highest BCUT2D eigenvalue weighted by Crippen LogP contribution is 2.17. The molecule has 8 heteroatoms. The van der Waals surface area contributed by atoms with E-state index in [1.165, 1.54) is 5.56 Å². The molecule has 1 aliphatic heterocycles. The van der Waals surface area contributed by atoms with Crippen molar-refractivity contribution in [1.29, 1.82) is 0 Å². The first-order valence-electron chi connectivity index (χ1n) is 10.4. The Labute approximate surface area is 179 Å². The van der Waals surface area contributed by atoms with Crippen molar-refractivity contribution in [1.82, 2.24) is 19.9 Å². The second-order valence-electron chi connectivity index (χ2n) is 7.77. The summed E-state index contributed by atoms with van der Waals surface area (Å²) in [5.74, 6) is -0.622. The molecule has 3 aromatic rings. The third kappa shape index (κ3) is 5.32. The number of hydrogen-bond donors (Lipinski definition) is 0. The summed E-state index contributed by atoms with van der Waals surface area (Å²) in [7, 11) is 0. The smallest absolute Gasteiger partial charge is 0.254 e. The molecular weight excluding hydrogens is 402 g/mol. The van der Waals surface area contributed by atoms with Crippen molar-refractivity contribution in [2.45, 2.75) is 19.8 Å². The Kier molecular flexibility index (Phi) is 6.36. The second kappa shape index (κ2) is 9.34. The number of carbonyl (C=O) groups excluding carboxylic acids is 1. The number of nitrogens with zero attached hydrogens (tertiary/aromatic N) is 4. The lowest BCUT2D eigenvalue weighted by Crippen LogP contribution is -2.48. The Morgan fingerprint density at radius 1 is 1.03 bits per heavy atom. The molecule has 0 saturated carbocycles. The number of aryl methyl sites for hydroxylation is 2. The van der Waals surface area contributed by atoms with E-state index in [1.54, 1.807) is 4.90 Å². The summed E-state index contributed by atoms with van der Waals surface area (Å²) >= 11 is 0. The van der Waals surface area contributed by atoms with Crippen LogP contribution in [0.5, 0.6) is 0 Å². The number of halogens is 2. The Morgan fingerprint density at radius 3 is 2.39 bits per heavy atom. The molecule has 1 aromatic heterocycles. The Morgan fingerprint density at radius 2 is 1.71 bits per heavy atom. The first-order chi connectivity index (χ1) is 15.0. The molecule has 31 heavy (non-hydrogen) atoms. The molecule has 2 aromatic carbocycles. The Balaban J connectivity index is 1.23. The molecule has 0 N–H and O–H groups in total. The van der Waals surface area contributed by atoms with E-state index >= 15 is 0 Å². The number of piperazine rings is 1. The van der Waals surface area contributed by atoms with Gasteiger partial charge in [0.15, 0.2) is 0 Å². The minimum Gasteiger partial charge on any atom is -0.339 e. The van der Waals surface area contributed by atoms with Crippen molar-refractivity contribution in [2.24, 2.45) is 0 Å². The van der Waals surface area contributed by atoms with Gasteiger partial charge in [0.1, 0.15) is 11.6 Å². The highest BCUT2D eigenvalue weighted by molar-refractivity contribution is 5.94. The molecule has 1 fully saturated rings. The lowest BCUT2D eigenvalue weighted by Gasteiger charge is -2.34.